The summed E-state index contributed by atoms with van der Waals surface area (Å²) in [6.45, 7) is 0. The first kappa shape index (κ1) is 7.07. The molecule has 4 nitrogen and oxygen atoms in total. The van der Waals surface area contributed by atoms with E-state index in [0.717, 1.165) is 0 Å². The molecule has 0 amide bonds. The summed E-state index contributed by atoms with van der Waals surface area (Å²) in [7, 11) is 1.25. The molecule has 7 heavy (non-hydrogen) atoms. The predicted molar refractivity (Wildman–Crippen MR) is 21.8 cm³/mol. The molecular formula is C2H5MnN2O2-. The van der Waals surface area contributed by atoms with Crippen molar-refractivity contribution in [3.8, 4) is 0 Å². The normalized spacial score (nSPS) is 9.00. The molecule has 0 saturated carbocycles. The fourth-order valence-electron chi connectivity index (χ4n) is 0.0745. The molecule has 0 spiro atoms. The number of nitrogens with zero attached hydrogens (tertiary/aromatic N) is 2. The predicted octanol–water partition coefficient (Wildman–Crippen LogP) is -0.0393. The second kappa shape index (κ2) is 4.23. The van der Waals surface area contributed by atoms with Crippen LogP contribution >= 0.6 is 0 Å². The Balaban J connectivity index is 3.35. The Bertz CT molecular complexity index is 89.7. The van der Waals surface area contributed by atoms with Gasteiger partial charge in [-0.2, -0.15) is 0 Å². The van der Waals surface area contributed by atoms with E-state index in [1.807, 2.05) is 0 Å². The molecule has 0 atom stereocenters. The minimum absolute atomic E-state index is 0.0163. The summed E-state index contributed by atoms with van der Waals surface area (Å²) < 4.78 is 3.22. The Hall–Kier alpha value is 0.0695. The summed E-state index contributed by atoms with van der Waals surface area (Å²) in [6.07, 6.45) is 0. The molecule has 43 valence electrons. The standard InChI is InChI=1S/CH3N2O2.CH2.Mn/c1-5-3(2)4;;/h1H3;1H2;/q-1;;. The number of hydrogen-bond acceptors (Lipinski definition) is 4. The fourth-order valence-corrected chi connectivity index (χ4v) is 0.307. The van der Waals surface area contributed by atoms with E-state index in [1.165, 1.54) is 7.11 Å². The van der Waals surface area contributed by atoms with Crippen LogP contribution in [0.5, 0.6) is 0 Å². The van der Waals surface area contributed by atoms with Crippen molar-refractivity contribution >= 4 is 5.42 Å². The van der Waals surface area contributed by atoms with E-state index >= 15 is 0 Å². The van der Waals surface area contributed by atoms with E-state index in [0.29, 0.717) is 0 Å². The van der Waals surface area contributed by atoms with Gasteiger partial charge in [-0.05, 0) is 0 Å². The first-order chi connectivity index (χ1) is 3.31. The molecule has 0 bridgehead atoms. The molecule has 0 aliphatic heterocycles. The minimum atomic E-state index is -0.0163. The Morgan fingerprint density at radius 1 is 2.00 bits per heavy atom. The van der Waals surface area contributed by atoms with Crippen LogP contribution < -0.4 is 0 Å². The van der Waals surface area contributed by atoms with E-state index in [2.05, 4.69) is 14.3 Å². The molecule has 5 heteroatoms. The molecule has 0 aliphatic carbocycles. The van der Waals surface area contributed by atoms with Gasteiger partial charge in [0.15, 0.2) is 0 Å². The van der Waals surface area contributed by atoms with Crippen molar-refractivity contribution in [3.63, 3.8) is 0 Å². The first-order valence-corrected chi connectivity index (χ1v) is 2.77. The summed E-state index contributed by atoms with van der Waals surface area (Å²) in [5.41, 5.74) is 3.32. The molecular weight excluding hydrogens is 139 g/mol. The van der Waals surface area contributed by atoms with Gasteiger partial charge in [0.25, 0.3) is 0 Å². The summed E-state index contributed by atoms with van der Waals surface area (Å²) >= 11 is -0.0163. The third-order valence-corrected chi connectivity index (χ3v) is 0.631. The van der Waals surface area contributed by atoms with Crippen LogP contribution in [0.2, 0.25) is 0 Å². The Morgan fingerprint density at radius 2 is 2.57 bits per heavy atom. The summed E-state index contributed by atoms with van der Waals surface area (Å²) in [5, 5.41) is 10.0. The van der Waals surface area contributed by atoms with Gasteiger partial charge in [-0.15, -0.1) is 0 Å². The summed E-state index contributed by atoms with van der Waals surface area (Å²) in [4.78, 5) is 4.07. The monoisotopic (exact) mass is 144 g/mol. The van der Waals surface area contributed by atoms with Crippen molar-refractivity contribution in [1.29, 1.82) is 0 Å². The SMILES string of the molecule is [CH2]=[Mn]=[N]N([O-])OC. The van der Waals surface area contributed by atoms with Gasteiger partial charge in [0.05, 0.1) is 0 Å². The van der Waals surface area contributed by atoms with Crippen molar-refractivity contribution < 1.29 is 19.2 Å². The van der Waals surface area contributed by atoms with Crippen LogP contribution in [-0.4, -0.2) is 17.9 Å². The quantitative estimate of drug-likeness (QED) is 0.403. The van der Waals surface area contributed by atoms with Gasteiger partial charge < -0.3 is 0 Å². The van der Waals surface area contributed by atoms with Gasteiger partial charge >= 0.3 is 46.3 Å². The third kappa shape index (κ3) is 3.91. The second-order valence-electron chi connectivity index (χ2n) is 0.616. The van der Waals surface area contributed by atoms with Crippen molar-refractivity contribution in [3.05, 3.63) is 5.21 Å². The Morgan fingerprint density at radius 3 is 2.71 bits per heavy atom. The zero-order chi connectivity index (χ0) is 5.70. The maximum absolute atomic E-state index is 9.91. The average Bonchev–Trinajstić information content (AvgIpc) is 1.68. The molecule has 0 N–H and O–H groups in total. The zero-order valence-electron chi connectivity index (χ0n) is 3.80. The van der Waals surface area contributed by atoms with Crippen LogP contribution in [0.15, 0.2) is 4.07 Å². The van der Waals surface area contributed by atoms with Crippen molar-refractivity contribution in [1.82, 2.24) is 5.34 Å². The van der Waals surface area contributed by atoms with E-state index in [4.69, 9.17) is 0 Å². The molecule has 0 aromatic carbocycles. The van der Waals surface area contributed by atoms with Gasteiger partial charge in [-0.1, -0.05) is 0 Å². The Labute approximate surface area is 47.1 Å². The van der Waals surface area contributed by atoms with Gasteiger partial charge in [-0.25, -0.2) is 0 Å². The summed E-state index contributed by atoms with van der Waals surface area (Å²) in [5.74, 6) is 0. The zero-order valence-corrected chi connectivity index (χ0v) is 4.98. The van der Waals surface area contributed by atoms with Crippen molar-refractivity contribution in [2.45, 2.75) is 0 Å². The second-order valence-corrected chi connectivity index (χ2v) is 1.22. The average molecular weight is 144 g/mol. The molecule has 0 rings (SSSR count). The molecule has 0 unspecified atom stereocenters. The van der Waals surface area contributed by atoms with Gasteiger partial charge in [-0.3, -0.25) is 0 Å². The van der Waals surface area contributed by atoms with Crippen LogP contribution in [-0.2, 0) is 19.2 Å². The molecule has 0 aliphatic rings. The van der Waals surface area contributed by atoms with Gasteiger partial charge in [0.2, 0.25) is 0 Å². The maximum atomic E-state index is 9.91. The molecule has 0 heterocycles. The molecule has 0 fully saturated rings. The summed E-state index contributed by atoms with van der Waals surface area (Å²) in [6, 6.07) is 0. The van der Waals surface area contributed by atoms with Crippen LogP contribution in [0.3, 0.4) is 0 Å². The Kier molecular flexibility index (Phi) is 4.28. The van der Waals surface area contributed by atoms with Gasteiger partial charge in [0, 0.05) is 0 Å². The van der Waals surface area contributed by atoms with Crippen LogP contribution in [0, 0.1) is 5.21 Å². The van der Waals surface area contributed by atoms with E-state index in [-0.39, 0.29) is 19.7 Å². The van der Waals surface area contributed by atoms with Crippen molar-refractivity contribution in [2.24, 2.45) is 4.07 Å². The van der Waals surface area contributed by atoms with Crippen LogP contribution in [0.25, 0.3) is 0 Å². The van der Waals surface area contributed by atoms with E-state index in [1.54, 1.807) is 0 Å². The van der Waals surface area contributed by atoms with Gasteiger partial charge in [0.1, 0.15) is 0 Å². The fraction of sp³-hybridized carbons (Fsp3) is 0.500. The molecule has 0 saturated heterocycles. The first-order valence-electron chi connectivity index (χ1n) is 1.41. The third-order valence-electron chi connectivity index (χ3n) is 0.271. The molecule has 0 radical (unpaired) electrons. The van der Waals surface area contributed by atoms with Crippen LogP contribution in [0.1, 0.15) is 0 Å². The number of hydrogen-bond donors (Lipinski definition) is 0. The molecule has 0 aromatic rings. The van der Waals surface area contributed by atoms with E-state index in [9.17, 15) is 5.21 Å². The van der Waals surface area contributed by atoms with Crippen molar-refractivity contribution in [2.75, 3.05) is 7.11 Å². The number of rotatable bonds is 2. The van der Waals surface area contributed by atoms with Crippen LogP contribution in [0.4, 0.5) is 0 Å². The van der Waals surface area contributed by atoms with E-state index < -0.39 is 0 Å². The molecule has 0 aromatic heterocycles. The topological polar surface area (TPSA) is 47.9 Å².